The third kappa shape index (κ3) is 6.30. The topological polar surface area (TPSA) is 37.4 Å². The number of hydrogen-bond acceptors (Lipinski definition) is 2. The normalized spacial score (nSPS) is 14.9. The monoisotopic (exact) mass is 407 g/mol. The Balaban J connectivity index is 1.80. The minimum absolute atomic E-state index is 0.318. The fourth-order valence-electron chi connectivity index (χ4n) is 3.42. The van der Waals surface area contributed by atoms with Crippen LogP contribution in [0.5, 0.6) is 0 Å². The summed E-state index contributed by atoms with van der Waals surface area (Å²) in [5.74, 6) is 0. The molecule has 152 valence electrons. The molecule has 0 radical (unpaired) electrons. The van der Waals surface area contributed by atoms with E-state index < -0.39 is 10.0 Å². The van der Waals surface area contributed by atoms with Gasteiger partial charge in [-0.1, -0.05) is 66.6 Å². The van der Waals surface area contributed by atoms with E-state index in [0.717, 1.165) is 24.0 Å². The fraction of sp³-hybridized carbons (Fsp3) is 0.320. The zero-order valence-corrected chi connectivity index (χ0v) is 17.9. The first-order chi connectivity index (χ1) is 14.1. The van der Waals surface area contributed by atoms with Crippen molar-refractivity contribution in [3.8, 4) is 0 Å². The van der Waals surface area contributed by atoms with Crippen LogP contribution in [-0.2, 0) is 10.0 Å². The van der Waals surface area contributed by atoms with Crippen molar-refractivity contribution in [1.29, 1.82) is 0 Å². The Morgan fingerprint density at radius 2 is 1.62 bits per heavy atom. The predicted molar refractivity (Wildman–Crippen MR) is 120 cm³/mol. The largest absolute Gasteiger partial charge is 0.243 e. The van der Waals surface area contributed by atoms with Crippen molar-refractivity contribution in [3.63, 3.8) is 0 Å². The van der Waals surface area contributed by atoms with E-state index in [0.29, 0.717) is 18.0 Å². The maximum absolute atomic E-state index is 13.2. The molecule has 1 aliphatic carbocycles. The lowest BCUT2D eigenvalue weighted by molar-refractivity contribution is 0.474. The number of hydrogen-bond donors (Lipinski definition) is 0. The summed E-state index contributed by atoms with van der Waals surface area (Å²) in [4.78, 5) is 0.329. The summed E-state index contributed by atoms with van der Waals surface area (Å²) in [6.45, 7) is 2.59. The average Bonchev–Trinajstić information content (AvgIpc) is 2.74. The van der Waals surface area contributed by atoms with E-state index in [1.165, 1.54) is 29.1 Å². The summed E-state index contributed by atoms with van der Waals surface area (Å²) in [6.07, 6.45) is 11.6. The standard InChI is InChI=1S/C25H29NO2S/c1-22-16-18-25(19-17-22)29(27,28)26(20-8-14-23-10-4-2-5-11-23)21-9-15-24-12-6-3-7-13-24/h2,4-5,8-11,14,16-19H,3,6-7,12-13,20-21H2,1H3/b14-8+. The van der Waals surface area contributed by atoms with E-state index >= 15 is 0 Å². The summed E-state index contributed by atoms with van der Waals surface area (Å²) in [5.41, 5.74) is 6.76. The van der Waals surface area contributed by atoms with Gasteiger partial charge in [-0.3, -0.25) is 0 Å². The Morgan fingerprint density at radius 1 is 0.931 bits per heavy atom. The second kappa shape index (κ2) is 10.4. The average molecular weight is 408 g/mol. The highest BCUT2D eigenvalue weighted by Crippen LogP contribution is 2.22. The summed E-state index contributed by atoms with van der Waals surface area (Å²) >= 11 is 0. The smallest absolute Gasteiger partial charge is 0.207 e. The van der Waals surface area contributed by atoms with Gasteiger partial charge in [-0.05, 0) is 62.0 Å². The van der Waals surface area contributed by atoms with Gasteiger partial charge in [0.25, 0.3) is 0 Å². The molecule has 0 atom stereocenters. The van der Waals surface area contributed by atoms with Gasteiger partial charge in [0, 0.05) is 13.1 Å². The highest BCUT2D eigenvalue weighted by molar-refractivity contribution is 7.89. The Hall–Kier alpha value is -2.39. The highest BCUT2D eigenvalue weighted by atomic mass is 32.2. The summed E-state index contributed by atoms with van der Waals surface area (Å²) in [6, 6.07) is 17.0. The van der Waals surface area contributed by atoms with E-state index in [1.54, 1.807) is 12.1 Å². The predicted octanol–water partition coefficient (Wildman–Crippen LogP) is 5.74. The van der Waals surface area contributed by atoms with Crippen molar-refractivity contribution < 1.29 is 8.42 Å². The molecule has 1 aliphatic rings. The first kappa shape index (κ1) is 21.3. The number of rotatable bonds is 7. The second-order valence-corrected chi connectivity index (χ2v) is 9.40. The van der Waals surface area contributed by atoms with Gasteiger partial charge in [-0.15, -0.1) is 5.73 Å². The molecule has 2 aromatic rings. The zero-order valence-electron chi connectivity index (χ0n) is 17.0. The van der Waals surface area contributed by atoms with Crippen molar-refractivity contribution in [2.75, 3.05) is 13.1 Å². The van der Waals surface area contributed by atoms with E-state index in [-0.39, 0.29) is 0 Å². The molecular formula is C25H29NO2S. The van der Waals surface area contributed by atoms with Crippen LogP contribution in [-0.4, -0.2) is 25.8 Å². The van der Waals surface area contributed by atoms with Crippen LogP contribution in [0.1, 0.15) is 43.2 Å². The van der Waals surface area contributed by atoms with Gasteiger partial charge in [-0.25, -0.2) is 8.42 Å². The van der Waals surface area contributed by atoms with Crippen LogP contribution in [0.4, 0.5) is 0 Å². The van der Waals surface area contributed by atoms with Gasteiger partial charge >= 0.3 is 0 Å². The molecular weight excluding hydrogens is 378 g/mol. The lowest BCUT2D eigenvalue weighted by Gasteiger charge is -2.19. The van der Waals surface area contributed by atoms with Crippen LogP contribution in [0, 0.1) is 6.92 Å². The Morgan fingerprint density at radius 3 is 2.31 bits per heavy atom. The fourth-order valence-corrected chi connectivity index (χ4v) is 4.75. The van der Waals surface area contributed by atoms with Crippen LogP contribution in [0.2, 0.25) is 0 Å². The van der Waals surface area contributed by atoms with Gasteiger partial charge in [-0.2, -0.15) is 4.31 Å². The minimum Gasteiger partial charge on any atom is -0.207 e. The quantitative estimate of drug-likeness (QED) is 0.549. The maximum atomic E-state index is 13.2. The van der Waals surface area contributed by atoms with Crippen molar-refractivity contribution in [1.82, 2.24) is 4.31 Å². The molecule has 2 aromatic carbocycles. The van der Waals surface area contributed by atoms with Crippen molar-refractivity contribution >= 4 is 16.1 Å². The molecule has 0 spiro atoms. The molecule has 0 unspecified atom stereocenters. The minimum atomic E-state index is -3.57. The van der Waals surface area contributed by atoms with Crippen molar-refractivity contribution in [3.05, 3.63) is 89.2 Å². The Labute approximate surface area is 175 Å². The third-order valence-corrected chi connectivity index (χ3v) is 6.98. The van der Waals surface area contributed by atoms with Crippen LogP contribution in [0.15, 0.2) is 82.9 Å². The first-order valence-electron chi connectivity index (χ1n) is 10.3. The Bertz CT molecular complexity index is 975. The summed E-state index contributed by atoms with van der Waals surface area (Å²) < 4.78 is 27.9. The van der Waals surface area contributed by atoms with E-state index in [9.17, 15) is 8.42 Å². The lowest BCUT2D eigenvalue weighted by Crippen LogP contribution is -2.31. The molecule has 4 heteroatoms. The lowest BCUT2D eigenvalue weighted by atomic mass is 9.96. The van der Waals surface area contributed by atoms with E-state index in [2.05, 4.69) is 5.73 Å². The molecule has 0 aromatic heterocycles. The zero-order chi connectivity index (χ0) is 20.5. The molecule has 0 bridgehead atoms. The molecule has 3 rings (SSSR count). The first-order valence-corrected chi connectivity index (χ1v) is 11.7. The number of benzene rings is 2. The van der Waals surface area contributed by atoms with E-state index in [4.69, 9.17) is 0 Å². The van der Waals surface area contributed by atoms with Gasteiger partial charge in [0.1, 0.15) is 0 Å². The molecule has 3 nitrogen and oxygen atoms in total. The highest BCUT2D eigenvalue weighted by Gasteiger charge is 2.22. The third-order valence-electron chi connectivity index (χ3n) is 5.14. The van der Waals surface area contributed by atoms with E-state index in [1.807, 2.05) is 67.6 Å². The maximum Gasteiger partial charge on any atom is 0.243 e. The molecule has 29 heavy (non-hydrogen) atoms. The second-order valence-electron chi connectivity index (χ2n) is 7.46. The van der Waals surface area contributed by atoms with Crippen LogP contribution in [0.25, 0.3) is 6.08 Å². The Kier molecular flexibility index (Phi) is 7.65. The molecule has 0 N–H and O–H groups in total. The van der Waals surface area contributed by atoms with Crippen molar-refractivity contribution in [2.45, 2.75) is 43.9 Å². The molecule has 0 saturated heterocycles. The molecule has 1 fully saturated rings. The van der Waals surface area contributed by atoms with Crippen LogP contribution < -0.4 is 0 Å². The van der Waals surface area contributed by atoms with Gasteiger partial charge < -0.3 is 0 Å². The molecule has 0 amide bonds. The number of sulfonamides is 1. The van der Waals surface area contributed by atoms with Gasteiger partial charge in [0.15, 0.2) is 0 Å². The number of aryl methyl sites for hydroxylation is 1. The van der Waals surface area contributed by atoms with Crippen molar-refractivity contribution in [2.24, 2.45) is 0 Å². The number of nitrogens with zero attached hydrogens (tertiary/aromatic N) is 1. The molecule has 0 aliphatic heterocycles. The summed E-state index contributed by atoms with van der Waals surface area (Å²) in [7, 11) is -3.57. The SMILES string of the molecule is Cc1ccc(S(=O)(=O)N(CC=C=C2CCCCC2)C/C=C/c2ccccc2)cc1. The van der Waals surface area contributed by atoms with Gasteiger partial charge in [0.2, 0.25) is 10.0 Å². The van der Waals surface area contributed by atoms with Crippen LogP contribution >= 0.6 is 0 Å². The molecule has 0 heterocycles. The van der Waals surface area contributed by atoms with Gasteiger partial charge in [0.05, 0.1) is 4.90 Å². The summed E-state index contributed by atoms with van der Waals surface area (Å²) in [5, 5.41) is 0. The molecule has 1 saturated carbocycles. The van der Waals surface area contributed by atoms with Crippen LogP contribution in [0.3, 0.4) is 0 Å².